The smallest absolute Gasteiger partial charge is 0.408 e. The third kappa shape index (κ3) is 9.56. The van der Waals surface area contributed by atoms with E-state index in [9.17, 15) is 24.4 Å². The second-order valence-corrected chi connectivity index (χ2v) is 9.70. The van der Waals surface area contributed by atoms with E-state index in [4.69, 9.17) is 10.5 Å². The maximum Gasteiger partial charge on any atom is 0.408 e. The van der Waals surface area contributed by atoms with Crippen LogP contribution in [0.2, 0.25) is 0 Å². The zero-order valence-corrected chi connectivity index (χ0v) is 22.1. The molecular formula is C26H39N5O5. The lowest BCUT2D eigenvalue weighted by Gasteiger charge is -2.34. The number of carbonyl (C=O) groups excluding carboxylic acids is 4. The molecule has 4 amide bonds. The van der Waals surface area contributed by atoms with Crippen LogP contribution in [0.4, 0.5) is 4.79 Å². The zero-order chi connectivity index (χ0) is 27.5. The predicted molar refractivity (Wildman–Crippen MR) is 135 cm³/mol. The van der Waals surface area contributed by atoms with E-state index in [-0.39, 0.29) is 0 Å². The van der Waals surface area contributed by atoms with Crippen molar-refractivity contribution in [2.24, 2.45) is 5.73 Å². The van der Waals surface area contributed by atoms with Crippen molar-refractivity contribution in [2.75, 3.05) is 13.1 Å². The Hall–Kier alpha value is -3.61. The fourth-order valence-electron chi connectivity index (χ4n) is 3.79. The van der Waals surface area contributed by atoms with Gasteiger partial charge in [0.2, 0.25) is 17.7 Å². The Kier molecular flexibility index (Phi) is 11.9. The first-order valence-electron chi connectivity index (χ1n) is 12.1. The van der Waals surface area contributed by atoms with Crippen LogP contribution in [-0.4, -0.2) is 53.4 Å². The number of unbranched alkanes of at least 4 members (excludes halogenated alkanes) is 2. The van der Waals surface area contributed by atoms with Crippen molar-refractivity contribution in [3.8, 4) is 6.07 Å². The highest BCUT2D eigenvalue weighted by Gasteiger charge is 2.38. The molecule has 10 nitrogen and oxygen atoms in total. The highest BCUT2D eigenvalue weighted by Crippen LogP contribution is 2.28. The number of benzene rings is 1. The van der Waals surface area contributed by atoms with Crippen LogP contribution < -0.4 is 16.4 Å². The van der Waals surface area contributed by atoms with Gasteiger partial charge in [-0.15, -0.1) is 0 Å². The molecule has 1 aromatic carbocycles. The van der Waals surface area contributed by atoms with E-state index in [1.54, 1.807) is 20.8 Å². The number of ether oxygens (including phenoxy) is 1. The van der Waals surface area contributed by atoms with Gasteiger partial charge in [0.25, 0.3) is 0 Å². The number of nitrogens with one attached hydrogen (secondary N) is 2. The highest BCUT2D eigenvalue weighted by atomic mass is 16.6. The van der Waals surface area contributed by atoms with Gasteiger partial charge in [0, 0.05) is 6.54 Å². The molecular weight excluding hydrogens is 462 g/mol. The van der Waals surface area contributed by atoms with Crippen molar-refractivity contribution in [1.29, 1.82) is 5.26 Å². The maximum atomic E-state index is 13.7. The number of alkyl carbamates (subject to hydrolysis) is 1. The molecule has 0 radical (unpaired) electrons. The van der Waals surface area contributed by atoms with Gasteiger partial charge in [0.15, 0.2) is 0 Å². The van der Waals surface area contributed by atoms with Crippen molar-refractivity contribution >= 4 is 23.8 Å². The fourth-order valence-corrected chi connectivity index (χ4v) is 3.79. The molecule has 0 aliphatic rings. The van der Waals surface area contributed by atoms with Crippen LogP contribution in [0.25, 0.3) is 0 Å². The van der Waals surface area contributed by atoms with Crippen LogP contribution in [-0.2, 0) is 19.1 Å². The van der Waals surface area contributed by atoms with Gasteiger partial charge < -0.3 is 26.0 Å². The summed E-state index contributed by atoms with van der Waals surface area (Å²) in [6.45, 7) is 10.6. The molecule has 0 spiro atoms. The first-order valence-corrected chi connectivity index (χ1v) is 12.1. The van der Waals surface area contributed by atoms with Crippen LogP contribution in [0.1, 0.15) is 76.1 Å². The normalized spacial score (nSPS) is 12.6. The summed E-state index contributed by atoms with van der Waals surface area (Å²) in [5, 5.41) is 14.8. The number of nitriles is 1. The highest BCUT2D eigenvalue weighted by molar-refractivity contribution is 5.95. The minimum Gasteiger partial charge on any atom is -0.444 e. The third-order valence-electron chi connectivity index (χ3n) is 5.37. The summed E-state index contributed by atoms with van der Waals surface area (Å²) in [4.78, 5) is 52.4. The summed E-state index contributed by atoms with van der Waals surface area (Å²) in [5.74, 6) is -2.09. The number of carbonyl (C=O) groups is 4. The molecule has 0 aliphatic heterocycles. The molecule has 36 heavy (non-hydrogen) atoms. The lowest BCUT2D eigenvalue weighted by molar-refractivity contribution is -0.142. The monoisotopic (exact) mass is 501 g/mol. The molecule has 1 rings (SSSR count). The lowest BCUT2D eigenvalue weighted by Crippen LogP contribution is -2.54. The molecule has 0 saturated heterocycles. The van der Waals surface area contributed by atoms with E-state index < -0.39 is 54.5 Å². The van der Waals surface area contributed by atoms with E-state index in [0.29, 0.717) is 12.1 Å². The number of nitrogens with zero attached hydrogens (tertiary/aromatic N) is 2. The van der Waals surface area contributed by atoms with Crippen molar-refractivity contribution < 1.29 is 23.9 Å². The van der Waals surface area contributed by atoms with Crippen molar-refractivity contribution in [3.05, 3.63) is 34.9 Å². The number of primary amides is 1. The van der Waals surface area contributed by atoms with Crippen molar-refractivity contribution in [3.63, 3.8) is 0 Å². The molecule has 0 bridgehead atoms. The van der Waals surface area contributed by atoms with Gasteiger partial charge in [-0.2, -0.15) is 5.26 Å². The van der Waals surface area contributed by atoms with Gasteiger partial charge in [-0.25, -0.2) is 4.79 Å². The van der Waals surface area contributed by atoms with Crippen LogP contribution in [0.15, 0.2) is 18.2 Å². The standard InChI is InChI=1S/C26H39N5O5/c1-7-8-9-14-29-23(33)22(21-17(2)11-10-12-18(21)3)31(15-13-27)24(34)19(16-20(28)32)30-25(35)36-26(4,5)6/h10-12,19,22H,7-9,14-16H2,1-6H3,(H2,28,32)(H,29,33)(H,30,35). The van der Waals surface area contributed by atoms with E-state index in [0.717, 1.165) is 35.3 Å². The summed E-state index contributed by atoms with van der Waals surface area (Å²) in [6.07, 6.45) is 1.21. The Morgan fingerprint density at radius 3 is 2.25 bits per heavy atom. The summed E-state index contributed by atoms with van der Waals surface area (Å²) in [7, 11) is 0. The molecule has 0 aliphatic carbocycles. The molecule has 0 heterocycles. The van der Waals surface area contributed by atoms with Gasteiger partial charge in [-0.1, -0.05) is 38.0 Å². The molecule has 2 unspecified atom stereocenters. The van der Waals surface area contributed by atoms with Crippen LogP contribution in [0.5, 0.6) is 0 Å². The van der Waals surface area contributed by atoms with Crippen molar-refractivity contribution in [2.45, 2.75) is 84.9 Å². The number of aryl methyl sites for hydroxylation is 2. The second kappa shape index (κ2) is 14.1. The molecule has 2 atom stereocenters. The van der Waals surface area contributed by atoms with E-state index in [1.165, 1.54) is 0 Å². The Balaban J connectivity index is 3.48. The number of rotatable bonds is 12. The maximum absolute atomic E-state index is 13.7. The first-order chi connectivity index (χ1) is 16.8. The minimum absolute atomic E-state index is 0.406. The predicted octanol–water partition coefficient (Wildman–Crippen LogP) is 2.77. The Morgan fingerprint density at radius 2 is 1.75 bits per heavy atom. The van der Waals surface area contributed by atoms with Gasteiger partial charge in [-0.3, -0.25) is 14.4 Å². The van der Waals surface area contributed by atoms with Crippen molar-refractivity contribution in [1.82, 2.24) is 15.5 Å². The SMILES string of the molecule is CCCCCNC(=O)C(c1c(C)cccc1C)N(CC#N)C(=O)C(CC(N)=O)NC(=O)OC(C)(C)C. The van der Waals surface area contributed by atoms with Gasteiger partial charge in [0.1, 0.15) is 24.2 Å². The lowest BCUT2D eigenvalue weighted by atomic mass is 9.93. The van der Waals surface area contributed by atoms with E-state index in [2.05, 4.69) is 10.6 Å². The second-order valence-electron chi connectivity index (χ2n) is 9.70. The molecule has 1 aromatic rings. The Labute approximate surface area is 213 Å². The first kappa shape index (κ1) is 30.4. The van der Waals surface area contributed by atoms with Crippen LogP contribution in [0.3, 0.4) is 0 Å². The molecule has 10 heteroatoms. The molecule has 198 valence electrons. The summed E-state index contributed by atoms with van der Waals surface area (Å²) >= 11 is 0. The fraction of sp³-hybridized carbons (Fsp3) is 0.577. The van der Waals surface area contributed by atoms with Gasteiger partial charge in [0.05, 0.1) is 12.5 Å². The van der Waals surface area contributed by atoms with Crippen LogP contribution >= 0.6 is 0 Å². The quantitative estimate of drug-likeness (QED) is 0.295. The summed E-state index contributed by atoms with van der Waals surface area (Å²) in [6, 6.07) is 4.81. The molecule has 0 aromatic heterocycles. The molecule has 0 saturated carbocycles. The summed E-state index contributed by atoms with van der Waals surface area (Å²) < 4.78 is 5.23. The number of amides is 4. The number of hydrogen-bond acceptors (Lipinski definition) is 6. The molecule has 4 N–H and O–H groups in total. The van der Waals surface area contributed by atoms with Crippen LogP contribution in [0, 0.1) is 25.2 Å². The Bertz CT molecular complexity index is 960. The van der Waals surface area contributed by atoms with E-state index in [1.807, 2.05) is 45.0 Å². The van der Waals surface area contributed by atoms with E-state index >= 15 is 0 Å². The van der Waals surface area contributed by atoms with Gasteiger partial charge >= 0.3 is 6.09 Å². The van der Waals surface area contributed by atoms with Gasteiger partial charge in [-0.05, 0) is 57.7 Å². The largest absolute Gasteiger partial charge is 0.444 e. The average molecular weight is 502 g/mol. The number of nitrogens with two attached hydrogens (primary N) is 1. The zero-order valence-electron chi connectivity index (χ0n) is 22.1. The average Bonchev–Trinajstić information content (AvgIpc) is 2.75. The number of hydrogen-bond donors (Lipinski definition) is 3. The molecule has 0 fully saturated rings. The summed E-state index contributed by atoms with van der Waals surface area (Å²) in [5.41, 5.74) is 6.58. The minimum atomic E-state index is -1.43. The third-order valence-corrected chi connectivity index (χ3v) is 5.37. The Morgan fingerprint density at radius 1 is 1.14 bits per heavy atom. The topological polar surface area (TPSA) is 155 Å².